The van der Waals surface area contributed by atoms with E-state index in [9.17, 15) is 9.59 Å². The van der Waals surface area contributed by atoms with Gasteiger partial charge in [0.15, 0.2) is 6.61 Å². The molecule has 0 aliphatic heterocycles. The molecule has 0 aliphatic rings. The summed E-state index contributed by atoms with van der Waals surface area (Å²) in [6, 6.07) is 14.7. The highest BCUT2D eigenvalue weighted by Crippen LogP contribution is 2.14. The Balaban J connectivity index is 1.85. The first-order chi connectivity index (χ1) is 11.5. The molecule has 5 nitrogen and oxygen atoms in total. The number of anilines is 1. The third-order valence-corrected chi connectivity index (χ3v) is 3.68. The van der Waals surface area contributed by atoms with Crippen LogP contribution in [0, 0.1) is 0 Å². The van der Waals surface area contributed by atoms with Gasteiger partial charge in [-0.25, -0.2) is 0 Å². The molecule has 0 radical (unpaired) electrons. The van der Waals surface area contributed by atoms with Crippen LogP contribution in [0.2, 0.25) is 0 Å². The molecule has 126 valence electrons. The second-order valence-electron chi connectivity index (χ2n) is 5.79. The van der Waals surface area contributed by atoms with Crippen LogP contribution in [0.4, 0.5) is 5.69 Å². The van der Waals surface area contributed by atoms with Crippen molar-refractivity contribution < 1.29 is 14.3 Å². The molecule has 0 saturated carbocycles. The summed E-state index contributed by atoms with van der Waals surface area (Å²) in [5, 5.41) is 0. The highest BCUT2D eigenvalue weighted by molar-refractivity contribution is 5.77. The minimum absolute atomic E-state index is 0.0350. The maximum Gasteiger partial charge on any atom is 0.260 e. The van der Waals surface area contributed by atoms with E-state index in [1.54, 1.807) is 36.2 Å². The van der Waals surface area contributed by atoms with E-state index in [2.05, 4.69) is 0 Å². The van der Waals surface area contributed by atoms with Crippen LogP contribution in [-0.4, -0.2) is 44.8 Å². The summed E-state index contributed by atoms with van der Waals surface area (Å²) in [5.41, 5.74) is 2.76. The topological polar surface area (TPSA) is 49.9 Å². The van der Waals surface area contributed by atoms with E-state index in [0.29, 0.717) is 17.9 Å². The quantitative estimate of drug-likeness (QED) is 0.734. The van der Waals surface area contributed by atoms with E-state index < -0.39 is 0 Å². The lowest BCUT2D eigenvalue weighted by molar-refractivity contribution is -0.132. The fourth-order valence-corrected chi connectivity index (χ4v) is 2.16. The molecule has 1 amide bonds. The van der Waals surface area contributed by atoms with Crippen molar-refractivity contribution in [3.05, 3.63) is 59.7 Å². The van der Waals surface area contributed by atoms with Crippen LogP contribution in [0.5, 0.6) is 5.75 Å². The van der Waals surface area contributed by atoms with E-state index >= 15 is 0 Å². The molecule has 0 heterocycles. The number of carbonyl (C=O) groups is 2. The average molecular weight is 326 g/mol. The van der Waals surface area contributed by atoms with E-state index in [4.69, 9.17) is 4.74 Å². The van der Waals surface area contributed by atoms with Crippen LogP contribution in [0.3, 0.4) is 0 Å². The van der Waals surface area contributed by atoms with Gasteiger partial charge in [0.05, 0.1) is 0 Å². The normalized spacial score (nSPS) is 10.1. The molecule has 0 fully saturated rings. The zero-order chi connectivity index (χ0) is 17.5. The van der Waals surface area contributed by atoms with Crippen LogP contribution in [0.15, 0.2) is 48.5 Å². The monoisotopic (exact) mass is 326 g/mol. The Bertz CT molecular complexity index is 679. The Morgan fingerprint density at radius 2 is 1.62 bits per heavy atom. The van der Waals surface area contributed by atoms with Crippen LogP contribution in [0.25, 0.3) is 0 Å². The van der Waals surface area contributed by atoms with Gasteiger partial charge < -0.3 is 14.5 Å². The van der Waals surface area contributed by atoms with Gasteiger partial charge in [-0.15, -0.1) is 0 Å². The number of benzene rings is 2. The number of carbonyl (C=O) groups excluding carboxylic acids is 2. The Kier molecular flexibility index (Phi) is 5.95. The number of hydrogen-bond donors (Lipinski definition) is 0. The molecular weight excluding hydrogens is 304 g/mol. The summed E-state index contributed by atoms with van der Waals surface area (Å²) in [7, 11) is 5.73. The molecule has 0 bridgehead atoms. The van der Waals surface area contributed by atoms with Crippen molar-refractivity contribution in [1.82, 2.24) is 4.90 Å². The lowest BCUT2D eigenvalue weighted by Gasteiger charge is -2.18. The number of amides is 1. The number of hydrogen-bond acceptors (Lipinski definition) is 4. The van der Waals surface area contributed by atoms with Gasteiger partial charge in [0.1, 0.15) is 12.0 Å². The molecule has 2 aromatic carbocycles. The highest BCUT2D eigenvalue weighted by Gasteiger charge is 2.10. The minimum atomic E-state index is -0.105. The SMILES string of the molecule is CN(Cc1ccc(N(C)C)cc1)C(=O)COc1ccc(C=O)cc1. The number of likely N-dealkylation sites (N-methyl/N-ethyl adjacent to an activating group) is 1. The van der Waals surface area contributed by atoms with Gasteiger partial charge in [-0.2, -0.15) is 0 Å². The molecule has 0 unspecified atom stereocenters. The van der Waals surface area contributed by atoms with Crippen LogP contribution < -0.4 is 9.64 Å². The Labute approximate surface area is 142 Å². The molecule has 0 aliphatic carbocycles. The van der Waals surface area contributed by atoms with Gasteiger partial charge in [0.2, 0.25) is 0 Å². The Morgan fingerprint density at radius 1 is 1.00 bits per heavy atom. The van der Waals surface area contributed by atoms with Crippen molar-refractivity contribution in [3.63, 3.8) is 0 Å². The first kappa shape index (κ1) is 17.5. The Morgan fingerprint density at radius 3 is 2.17 bits per heavy atom. The average Bonchev–Trinajstić information content (AvgIpc) is 2.60. The summed E-state index contributed by atoms with van der Waals surface area (Å²) in [5.74, 6) is 0.462. The number of nitrogens with zero attached hydrogens (tertiary/aromatic N) is 2. The predicted molar refractivity (Wildman–Crippen MR) is 94.6 cm³/mol. The van der Waals surface area contributed by atoms with Crippen molar-refractivity contribution in [2.45, 2.75) is 6.54 Å². The van der Waals surface area contributed by atoms with Crippen LogP contribution in [-0.2, 0) is 11.3 Å². The molecule has 2 rings (SSSR count). The molecular formula is C19H22N2O3. The first-order valence-corrected chi connectivity index (χ1v) is 7.68. The number of aldehydes is 1. The smallest absolute Gasteiger partial charge is 0.260 e. The summed E-state index contributed by atoms with van der Waals surface area (Å²) >= 11 is 0. The molecule has 0 N–H and O–H groups in total. The molecule has 2 aromatic rings. The van der Waals surface area contributed by atoms with Gasteiger partial charge in [-0.05, 0) is 42.0 Å². The fourth-order valence-electron chi connectivity index (χ4n) is 2.16. The van der Waals surface area contributed by atoms with Crippen molar-refractivity contribution in [3.8, 4) is 5.75 Å². The van der Waals surface area contributed by atoms with Gasteiger partial charge in [-0.3, -0.25) is 9.59 Å². The summed E-state index contributed by atoms with van der Waals surface area (Å²) in [6.07, 6.45) is 0.768. The van der Waals surface area contributed by atoms with Crippen LogP contribution in [0.1, 0.15) is 15.9 Å². The van der Waals surface area contributed by atoms with Crippen LogP contribution >= 0.6 is 0 Å². The molecule has 24 heavy (non-hydrogen) atoms. The van der Waals surface area contributed by atoms with Crippen molar-refractivity contribution in [2.75, 3.05) is 32.6 Å². The summed E-state index contributed by atoms with van der Waals surface area (Å²) < 4.78 is 5.46. The van der Waals surface area contributed by atoms with E-state index in [-0.39, 0.29) is 12.5 Å². The van der Waals surface area contributed by atoms with Gasteiger partial charge in [-0.1, -0.05) is 12.1 Å². The standard InChI is InChI=1S/C19H22N2O3/c1-20(2)17-8-4-15(5-9-17)12-21(3)19(23)14-24-18-10-6-16(13-22)7-11-18/h4-11,13H,12,14H2,1-3H3. The molecule has 0 spiro atoms. The first-order valence-electron chi connectivity index (χ1n) is 7.68. The predicted octanol–water partition coefficient (Wildman–Crippen LogP) is 2.60. The lowest BCUT2D eigenvalue weighted by Crippen LogP contribution is -2.30. The highest BCUT2D eigenvalue weighted by atomic mass is 16.5. The van der Waals surface area contributed by atoms with Gasteiger partial charge >= 0.3 is 0 Å². The summed E-state index contributed by atoms with van der Waals surface area (Å²) in [6.45, 7) is 0.493. The second kappa shape index (κ2) is 8.15. The number of rotatable bonds is 7. The molecule has 0 aromatic heterocycles. The third-order valence-electron chi connectivity index (χ3n) is 3.68. The maximum atomic E-state index is 12.2. The minimum Gasteiger partial charge on any atom is -0.484 e. The lowest BCUT2D eigenvalue weighted by atomic mass is 10.2. The zero-order valence-electron chi connectivity index (χ0n) is 14.2. The molecule has 0 atom stereocenters. The molecule has 5 heteroatoms. The van der Waals surface area contributed by atoms with Crippen molar-refractivity contribution in [2.24, 2.45) is 0 Å². The summed E-state index contributed by atoms with van der Waals surface area (Å²) in [4.78, 5) is 26.4. The van der Waals surface area contributed by atoms with E-state index in [1.165, 1.54) is 0 Å². The van der Waals surface area contributed by atoms with Crippen molar-refractivity contribution >= 4 is 17.9 Å². The largest absolute Gasteiger partial charge is 0.484 e. The Hall–Kier alpha value is -2.82. The van der Waals surface area contributed by atoms with Crippen molar-refractivity contribution in [1.29, 1.82) is 0 Å². The fraction of sp³-hybridized carbons (Fsp3) is 0.263. The van der Waals surface area contributed by atoms with E-state index in [1.807, 2.05) is 43.3 Å². The second-order valence-corrected chi connectivity index (χ2v) is 5.79. The van der Waals surface area contributed by atoms with E-state index in [0.717, 1.165) is 17.5 Å². The third kappa shape index (κ3) is 4.84. The number of ether oxygens (including phenoxy) is 1. The van der Waals surface area contributed by atoms with Gasteiger partial charge in [0, 0.05) is 38.9 Å². The maximum absolute atomic E-state index is 12.2. The van der Waals surface area contributed by atoms with Gasteiger partial charge in [0.25, 0.3) is 5.91 Å². The molecule has 0 saturated heterocycles. The zero-order valence-corrected chi connectivity index (χ0v) is 14.2.